The number of hydrogen-bond acceptors (Lipinski definition) is 8. The van der Waals surface area contributed by atoms with E-state index in [0.29, 0.717) is 30.3 Å². The van der Waals surface area contributed by atoms with Gasteiger partial charge in [0.15, 0.2) is 6.10 Å². The van der Waals surface area contributed by atoms with Gasteiger partial charge in [-0.05, 0) is 96.3 Å². The van der Waals surface area contributed by atoms with Crippen LogP contribution in [-0.4, -0.2) is 86.6 Å². The minimum atomic E-state index is -4.42. The number of aliphatic hydroxyl groups excluding tert-OH is 1. The van der Waals surface area contributed by atoms with Gasteiger partial charge in [-0.2, -0.15) is 0 Å². The molecule has 0 bridgehead atoms. The van der Waals surface area contributed by atoms with E-state index in [0.717, 1.165) is 70.6 Å². The second kappa shape index (κ2) is 42.0. The van der Waals surface area contributed by atoms with Gasteiger partial charge in [-0.15, -0.1) is 0 Å². The summed E-state index contributed by atoms with van der Waals surface area (Å²) in [7, 11) is 1.37. The zero-order valence-corrected chi connectivity index (χ0v) is 39.2. The highest BCUT2D eigenvalue weighted by Gasteiger charge is 2.27. The molecule has 2 N–H and O–H groups in total. The van der Waals surface area contributed by atoms with E-state index in [1.165, 1.54) is 25.7 Å². The fourth-order valence-electron chi connectivity index (χ4n) is 5.26. The maximum Gasteiger partial charge on any atom is 0.472 e. The van der Waals surface area contributed by atoms with Crippen LogP contribution in [-0.2, 0) is 32.7 Å². The van der Waals surface area contributed by atoms with Crippen LogP contribution in [0.5, 0.6) is 0 Å². The predicted octanol–water partition coefficient (Wildman–Crippen LogP) is 12.1. The molecule has 0 aromatic carbocycles. The fraction of sp³-hybridized carbons (Fsp3) is 0.600. The van der Waals surface area contributed by atoms with E-state index in [1.807, 2.05) is 39.4 Å². The van der Waals surface area contributed by atoms with Crippen molar-refractivity contribution in [3.8, 4) is 0 Å². The molecule has 0 amide bonds. The van der Waals surface area contributed by atoms with Crippen molar-refractivity contribution < 1.29 is 47.2 Å². The third-order valence-corrected chi connectivity index (χ3v) is 9.83. The normalized spacial score (nSPS) is 14.5. The predicted molar refractivity (Wildman–Crippen MR) is 253 cm³/mol. The molecule has 1 unspecified atom stereocenters. The van der Waals surface area contributed by atoms with Crippen molar-refractivity contribution in [2.45, 2.75) is 141 Å². The Balaban J connectivity index is 4.58. The first kappa shape index (κ1) is 57.6. The summed E-state index contributed by atoms with van der Waals surface area (Å²) in [4.78, 5) is 35.3. The quantitative estimate of drug-likeness (QED) is 0.0203. The van der Waals surface area contributed by atoms with Gasteiger partial charge in [-0.25, -0.2) is 4.57 Å². The number of likely N-dealkylation sites (N-methyl/N-ethyl adjacent to an activating group) is 1. The summed E-state index contributed by atoms with van der Waals surface area (Å²) in [6.07, 6.45) is 54.6. The van der Waals surface area contributed by atoms with E-state index in [4.69, 9.17) is 23.6 Å². The number of esters is 2. The summed E-state index contributed by atoms with van der Waals surface area (Å²) >= 11 is 0. The van der Waals surface area contributed by atoms with Crippen LogP contribution in [0.4, 0.5) is 0 Å². The maximum atomic E-state index is 12.7. The van der Waals surface area contributed by atoms with E-state index in [1.54, 1.807) is 0 Å². The molecular formula is C50H83NO9P+. The van der Waals surface area contributed by atoms with E-state index in [9.17, 15) is 19.0 Å². The Kier molecular flexibility index (Phi) is 39.6. The van der Waals surface area contributed by atoms with Crippen LogP contribution in [0.15, 0.2) is 109 Å². The summed E-state index contributed by atoms with van der Waals surface area (Å²) in [6, 6.07) is 0. The van der Waals surface area contributed by atoms with Gasteiger partial charge in [0.25, 0.3) is 0 Å². The van der Waals surface area contributed by atoms with Gasteiger partial charge >= 0.3 is 19.8 Å². The first-order chi connectivity index (χ1) is 29.5. The molecule has 0 aliphatic rings. The molecule has 0 spiro atoms. The Bertz CT molecular complexity index is 1400. The monoisotopic (exact) mass is 873 g/mol. The van der Waals surface area contributed by atoms with Crippen molar-refractivity contribution in [2.24, 2.45) is 0 Å². The Morgan fingerprint density at radius 2 is 0.984 bits per heavy atom. The number of carbonyl (C=O) groups excluding carboxylic acids is 2. The lowest BCUT2D eigenvalue weighted by Gasteiger charge is -2.24. The zero-order chi connectivity index (χ0) is 45.0. The number of unbranched alkanes of at least 4 members (excludes halogenated alkanes) is 7. The Morgan fingerprint density at radius 1 is 0.541 bits per heavy atom. The van der Waals surface area contributed by atoms with Crippen molar-refractivity contribution >= 4 is 19.8 Å². The molecule has 10 nitrogen and oxygen atoms in total. The molecule has 0 saturated carbocycles. The van der Waals surface area contributed by atoms with Crippen molar-refractivity contribution in [1.29, 1.82) is 0 Å². The number of hydrogen-bond donors (Lipinski definition) is 2. The first-order valence-corrected chi connectivity index (χ1v) is 24.2. The maximum absolute atomic E-state index is 12.7. The number of ether oxygens (including phenoxy) is 2. The Labute approximate surface area is 370 Å². The number of phosphoric acid groups is 1. The lowest BCUT2D eigenvalue weighted by molar-refractivity contribution is -0.870. The molecule has 0 aromatic heterocycles. The van der Waals surface area contributed by atoms with Gasteiger partial charge in [-0.1, -0.05) is 136 Å². The fourth-order valence-corrected chi connectivity index (χ4v) is 6.00. The summed E-state index contributed by atoms with van der Waals surface area (Å²) in [6.45, 7) is 2.21. The van der Waals surface area contributed by atoms with Crippen molar-refractivity contribution in [1.82, 2.24) is 0 Å². The number of rotatable bonds is 40. The first-order valence-electron chi connectivity index (χ1n) is 22.7. The Hall–Kier alpha value is -3.37. The number of quaternary nitrogens is 1. The van der Waals surface area contributed by atoms with Gasteiger partial charge in [-0.3, -0.25) is 18.6 Å². The lowest BCUT2D eigenvalue weighted by atomic mass is 10.2. The minimum absolute atomic E-state index is 0.00119. The van der Waals surface area contributed by atoms with Crippen molar-refractivity contribution in [3.05, 3.63) is 109 Å². The third-order valence-electron chi connectivity index (χ3n) is 8.84. The van der Waals surface area contributed by atoms with Gasteiger partial charge in [0.2, 0.25) is 0 Å². The molecule has 0 saturated heterocycles. The highest BCUT2D eigenvalue weighted by Crippen LogP contribution is 2.43. The number of carbonyl (C=O) groups is 2. The molecule has 0 aliphatic heterocycles. The summed E-state index contributed by atoms with van der Waals surface area (Å²) in [5.74, 6) is -0.987. The van der Waals surface area contributed by atoms with Crippen LogP contribution in [0.1, 0.15) is 135 Å². The number of phosphoric ester groups is 1. The van der Waals surface area contributed by atoms with Crippen molar-refractivity contribution in [3.63, 3.8) is 0 Å². The lowest BCUT2D eigenvalue weighted by Crippen LogP contribution is -2.37. The average molecular weight is 873 g/mol. The molecule has 0 aliphatic carbocycles. The molecule has 2 atom stereocenters. The molecular weight excluding hydrogens is 790 g/mol. The highest BCUT2D eigenvalue weighted by atomic mass is 31.2. The van der Waals surface area contributed by atoms with Crippen LogP contribution < -0.4 is 0 Å². The topological polar surface area (TPSA) is 129 Å². The summed E-state index contributed by atoms with van der Waals surface area (Å²) < 4.78 is 34.1. The van der Waals surface area contributed by atoms with Gasteiger partial charge in [0.05, 0.1) is 27.7 Å². The smallest absolute Gasteiger partial charge is 0.462 e. The SMILES string of the molecule is CCCCC/C=C\C/C=C\C/C=C\C/C=C\C/C=C\CCC(=O)O[C@H](COC(=O)CCC/C=C\C/C=C\C/C=C\C/C=C\CCCCCO)COP(=O)(O)OCC[N+](C)(C)C. The summed E-state index contributed by atoms with van der Waals surface area (Å²) in [5, 5.41) is 8.80. The standard InChI is InChI=1S/C50H82NO9P/c1-5-6-7-8-9-10-11-12-13-14-15-17-21-24-27-30-33-36-39-42-50(54)60-48(47-59-61(55,56)58-45-43-51(2,3)4)46-57-49(53)41-38-35-32-29-26-23-20-18-16-19-22-25-28-31-34-37-40-44-52/h9-10,12-13,15-17,19-20,23-25,27-29,32-33,36,48,52H,5-8,11,14,18,21-22,26,30-31,34-35,37-47H2,1-4H3/p+1/b10-9-,13-12-,17-15-,19-16-,23-20-,27-24-,28-25-,32-29-,36-33-/t48-/m1/s1. The molecule has 0 heterocycles. The van der Waals surface area contributed by atoms with Crippen molar-refractivity contribution in [2.75, 3.05) is 54.1 Å². The molecule has 61 heavy (non-hydrogen) atoms. The molecule has 0 rings (SSSR count). The molecule has 0 fully saturated rings. The van der Waals surface area contributed by atoms with Crippen LogP contribution in [0, 0.1) is 0 Å². The number of aliphatic hydroxyl groups is 1. The Morgan fingerprint density at radius 3 is 1.44 bits per heavy atom. The van der Waals surface area contributed by atoms with E-state index >= 15 is 0 Å². The van der Waals surface area contributed by atoms with E-state index < -0.39 is 32.5 Å². The van der Waals surface area contributed by atoms with Crippen LogP contribution in [0.25, 0.3) is 0 Å². The number of allylic oxidation sites excluding steroid dienone is 18. The zero-order valence-electron chi connectivity index (χ0n) is 38.3. The van der Waals surface area contributed by atoms with Crippen LogP contribution in [0.2, 0.25) is 0 Å². The molecule has 0 aromatic rings. The van der Waals surface area contributed by atoms with E-state index in [-0.39, 0.29) is 32.7 Å². The van der Waals surface area contributed by atoms with Crippen LogP contribution in [0.3, 0.4) is 0 Å². The highest BCUT2D eigenvalue weighted by molar-refractivity contribution is 7.47. The molecule has 0 radical (unpaired) electrons. The van der Waals surface area contributed by atoms with Crippen LogP contribution >= 0.6 is 7.82 Å². The van der Waals surface area contributed by atoms with Gasteiger partial charge < -0.3 is 24.0 Å². The number of nitrogens with zero attached hydrogens (tertiary/aromatic N) is 1. The second-order valence-corrected chi connectivity index (χ2v) is 17.3. The van der Waals surface area contributed by atoms with E-state index in [2.05, 4.69) is 98.1 Å². The minimum Gasteiger partial charge on any atom is -0.462 e. The molecule has 346 valence electrons. The van der Waals surface area contributed by atoms with Gasteiger partial charge in [0, 0.05) is 19.4 Å². The van der Waals surface area contributed by atoms with Gasteiger partial charge in [0.1, 0.15) is 19.8 Å². The second-order valence-electron chi connectivity index (χ2n) is 15.8. The average Bonchev–Trinajstić information content (AvgIpc) is 3.21. The molecule has 11 heteroatoms. The largest absolute Gasteiger partial charge is 0.472 e. The third kappa shape index (κ3) is 46.0. The summed E-state index contributed by atoms with van der Waals surface area (Å²) in [5.41, 5.74) is 0.